The predicted octanol–water partition coefficient (Wildman–Crippen LogP) is 6.58. The van der Waals surface area contributed by atoms with Crippen LogP contribution in [-0.2, 0) is 22.6 Å². The third kappa shape index (κ3) is 8.16. The fraction of sp³-hybridized carbons (Fsp3) is 0.286. The number of halogens is 3. The lowest BCUT2D eigenvalue weighted by Gasteiger charge is -2.32. The van der Waals surface area contributed by atoms with Crippen molar-refractivity contribution in [1.82, 2.24) is 10.2 Å². The number of carbonyl (C=O) groups excluding carboxylic acids is 2. The van der Waals surface area contributed by atoms with Crippen LogP contribution >= 0.6 is 34.8 Å². The molecule has 0 fully saturated rings. The summed E-state index contributed by atoms with van der Waals surface area (Å²) in [5, 5.41) is 4.50. The molecule has 3 rings (SSSR count). The van der Waals surface area contributed by atoms with Crippen LogP contribution in [0.3, 0.4) is 0 Å². The van der Waals surface area contributed by atoms with Gasteiger partial charge in [0.2, 0.25) is 5.91 Å². The van der Waals surface area contributed by atoms with E-state index in [1.165, 1.54) is 4.90 Å². The van der Waals surface area contributed by atoms with Crippen LogP contribution in [0.15, 0.2) is 72.8 Å². The van der Waals surface area contributed by atoms with Crippen LogP contribution in [-0.4, -0.2) is 35.4 Å². The molecule has 0 aliphatic carbocycles. The average molecular weight is 548 g/mol. The Morgan fingerprint density at radius 1 is 0.944 bits per heavy atom. The highest BCUT2D eigenvalue weighted by atomic mass is 35.5. The highest BCUT2D eigenvalue weighted by Gasteiger charge is 2.31. The van der Waals surface area contributed by atoms with Crippen molar-refractivity contribution in [2.45, 2.75) is 45.3 Å². The Morgan fingerprint density at radius 3 is 2.25 bits per heavy atom. The van der Waals surface area contributed by atoms with Gasteiger partial charge in [-0.05, 0) is 60.9 Å². The Morgan fingerprint density at radius 2 is 1.61 bits per heavy atom. The van der Waals surface area contributed by atoms with Crippen molar-refractivity contribution < 1.29 is 14.3 Å². The summed E-state index contributed by atoms with van der Waals surface area (Å²) in [6.45, 7) is 3.79. The van der Waals surface area contributed by atoms with Gasteiger partial charge in [0.25, 0.3) is 5.91 Å². The van der Waals surface area contributed by atoms with Gasteiger partial charge in [0.1, 0.15) is 11.8 Å². The second kappa shape index (κ2) is 13.5. The van der Waals surface area contributed by atoms with Gasteiger partial charge in [0.15, 0.2) is 6.61 Å². The molecule has 0 saturated carbocycles. The number of carbonyl (C=O) groups is 2. The second-order valence-electron chi connectivity index (χ2n) is 8.52. The minimum Gasteiger partial charge on any atom is -0.484 e. The summed E-state index contributed by atoms with van der Waals surface area (Å²) in [7, 11) is 0. The Kier molecular flexibility index (Phi) is 10.5. The van der Waals surface area contributed by atoms with E-state index < -0.39 is 6.04 Å². The zero-order valence-electron chi connectivity index (χ0n) is 20.2. The molecule has 0 aliphatic rings. The van der Waals surface area contributed by atoms with Gasteiger partial charge in [-0.1, -0.05) is 78.1 Å². The van der Waals surface area contributed by atoms with E-state index in [2.05, 4.69) is 5.32 Å². The Bertz CT molecular complexity index is 1160. The van der Waals surface area contributed by atoms with Crippen LogP contribution in [0.5, 0.6) is 5.75 Å². The van der Waals surface area contributed by atoms with Crippen molar-refractivity contribution in [1.29, 1.82) is 0 Å². The lowest BCUT2D eigenvalue weighted by atomic mass is 10.0. The predicted molar refractivity (Wildman–Crippen MR) is 146 cm³/mol. The third-order valence-electron chi connectivity index (χ3n) is 5.80. The van der Waals surface area contributed by atoms with Gasteiger partial charge in [-0.2, -0.15) is 0 Å². The SMILES string of the molecule is CCC(C)NC(=O)C(Cc1ccccc1)N(Cc1ccc(Cl)cc1Cl)C(=O)COc1ccc(Cl)cc1. The molecule has 0 aromatic heterocycles. The molecule has 3 aromatic rings. The van der Waals surface area contributed by atoms with Gasteiger partial charge in [0, 0.05) is 34.1 Å². The summed E-state index contributed by atoms with van der Waals surface area (Å²) >= 11 is 18.5. The normalized spacial score (nSPS) is 12.5. The lowest BCUT2D eigenvalue weighted by molar-refractivity contribution is -0.143. The Labute approximate surface area is 227 Å². The molecule has 3 aromatic carbocycles. The summed E-state index contributed by atoms with van der Waals surface area (Å²) in [4.78, 5) is 28.6. The number of nitrogens with zero attached hydrogens (tertiary/aromatic N) is 1. The summed E-state index contributed by atoms with van der Waals surface area (Å²) in [5.41, 5.74) is 1.61. The first-order chi connectivity index (χ1) is 17.3. The number of ether oxygens (including phenoxy) is 1. The summed E-state index contributed by atoms with van der Waals surface area (Å²) in [5.74, 6) is -0.0878. The minimum absolute atomic E-state index is 0.0443. The van der Waals surface area contributed by atoms with E-state index in [1.54, 1.807) is 42.5 Å². The van der Waals surface area contributed by atoms with Crippen LogP contribution in [0.1, 0.15) is 31.4 Å². The number of hydrogen-bond donors (Lipinski definition) is 1. The average Bonchev–Trinajstić information content (AvgIpc) is 2.87. The zero-order chi connectivity index (χ0) is 26.1. The fourth-order valence-electron chi connectivity index (χ4n) is 3.59. The molecule has 0 heterocycles. The molecule has 36 heavy (non-hydrogen) atoms. The second-order valence-corrected chi connectivity index (χ2v) is 9.80. The minimum atomic E-state index is -0.783. The highest BCUT2D eigenvalue weighted by molar-refractivity contribution is 6.35. The van der Waals surface area contributed by atoms with Crippen molar-refractivity contribution >= 4 is 46.6 Å². The maximum Gasteiger partial charge on any atom is 0.261 e. The molecule has 0 bridgehead atoms. The zero-order valence-corrected chi connectivity index (χ0v) is 22.5. The molecular weight excluding hydrogens is 519 g/mol. The van der Waals surface area contributed by atoms with E-state index >= 15 is 0 Å². The maximum absolute atomic E-state index is 13.6. The molecule has 2 unspecified atom stereocenters. The lowest BCUT2D eigenvalue weighted by Crippen LogP contribution is -2.53. The first-order valence-corrected chi connectivity index (χ1v) is 12.9. The van der Waals surface area contributed by atoms with Gasteiger partial charge < -0.3 is 15.0 Å². The molecule has 8 heteroatoms. The van der Waals surface area contributed by atoms with Gasteiger partial charge in [-0.25, -0.2) is 0 Å². The van der Waals surface area contributed by atoms with Crippen LogP contribution in [0.4, 0.5) is 0 Å². The summed E-state index contributed by atoms with van der Waals surface area (Å²) < 4.78 is 5.74. The summed E-state index contributed by atoms with van der Waals surface area (Å²) in [6, 6.07) is 20.6. The molecule has 0 spiro atoms. The van der Waals surface area contributed by atoms with Crippen molar-refractivity contribution in [2.75, 3.05) is 6.61 Å². The van der Waals surface area contributed by atoms with Crippen LogP contribution in [0, 0.1) is 0 Å². The number of nitrogens with one attached hydrogen (secondary N) is 1. The number of rotatable bonds is 11. The molecule has 190 valence electrons. The smallest absolute Gasteiger partial charge is 0.261 e. The topological polar surface area (TPSA) is 58.6 Å². The van der Waals surface area contributed by atoms with Crippen molar-refractivity contribution in [3.05, 3.63) is 99.0 Å². The van der Waals surface area contributed by atoms with Crippen LogP contribution in [0.2, 0.25) is 15.1 Å². The van der Waals surface area contributed by atoms with Gasteiger partial charge >= 0.3 is 0 Å². The van der Waals surface area contributed by atoms with Crippen molar-refractivity contribution in [2.24, 2.45) is 0 Å². The third-order valence-corrected chi connectivity index (χ3v) is 6.64. The standard InChI is InChI=1S/C28H29Cl3N2O3/c1-3-19(2)32-28(35)26(15-20-7-5-4-6-8-20)33(17-21-9-10-23(30)16-25(21)31)27(34)18-36-24-13-11-22(29)12-14-24/h4-14,16,19,26H,3,15,17-18H2,1-2H3,(H,32,35). The van der Waals surface area contributed by atoms with E-state index in [0.29, 0.717) is 32.8 Å². The monoisotopic (exact) mass is 546 g/mol. The van der Waals surface area contributed by atoms with E-state index in [0.717, 1.165) is 12.0 Å². The number of benzene rings is 3. The number of amides is 2. The van der Waals surface area contributed by atoms with Crippen LogP contribution < -0.4 is 10.1 Å². The van der Waals surface area contributed by atoms with E-state index in [9.17, 15) is 9.59 Å². The fourth-order valence-corrected chi connectivity index (χ4v) is 4.18. The molecule has 1 N–H and O–H groups in total. The Hall–Kier alpha value is -2.73. The molecule has 2 amide bonds. The summed E-state index contributed by atoms with van der Waals surface area (Å²) in [6.07, 6.45) is 1.10. The first kappa shape index (κ1) is 27.9. The molecular formula is C28H29Cl3N2O3. The van der Waals surface area contributed by atoms with Gasteiger partial charge in [-0.3, -0.25) is 9.59 Å². The number of hydrogen-bond acceptors (Lipinski definition) is 3. The van der Waals surface area contributed by atoms with Crippen molar-refractivity contribution in [3.8, 4) is 5.75 Å². The molecule has 2 atom stereocenters. The van der Waals surface area contributed by atoms with Crippen molar-refractivity contribution in [3.63, 3.8) is 0 Å². The van der Waals surface area contributed by atoms with Crippen LogP contribution in [0.25, 0.3) is 0 Å². The quantitative estimate of drug-likeness (QED) is 0.295. The van der Waals surface area contributed by atoms with E-state index in [4.69, 9.17) is 39.5 Å². The van der Waals surface area contributed by atoms with Gasteiger partial charge in [0.05, 0.1) is 0 Å². The van der Waals surface area contributed by atoms with E-state index in [-0.39, 0.29) is 31.0 Å². The maximum atomic E-state index is 13.6. The highest BCUT2D eigenvalue weighted by Crippen LogP contribution is 2.24. The molecule has 5 nitrogen and oxygen atoms in total. The van der Waals surface area contributed by atoms with E-state index in [1.807, 2.05) is 44.2 Å². The van der Waals surface area contributed by atoms with Gasteiger partial charge in [-0.15, -0.1) is 0 Å². The first-order valence-electron chi connectivity index (χ1n) is 11.7. The largest absolute Gasteiger partial charge is 0.484 e. The molecule has 0 radical (unpaired) electrons. The Balaban J connectivity index is 1.93. The molecule has 0 aliphatic heterocycles. The molecule has 0 saturated heterocycles.